The first-order chi connectivity index (χ1) is 11.0. The van der Waals surface area contributed by atoms with Crippen LogP contribution in [-0.4, -0.2) is 42.4 Å². The number of ether oxygens (including phenoxy) is 2. The number of sulfonamides is 1. The smallest absolute Gasteiger partial charge is 0.246 e. The molecule has 0 amide bonds. The van der Waals surface area contributed by atoms with Gasteiger partial charge in [-0.25, -0.2) is 8.42 Å². The van der Waals surface area contributed by atoms with Crippen LogP contribution in [0.1, 0.15) is 17.9 Å². The fourth-order valence-corrected chi connectivity index (χ4v) is 4.55. The Hall–Kier alpha value is -2.06. The summed E-state index contributed by atoms with van der Waals surface area (Å²) >= 11 is 0. The third kappa shape index (κ3) is 2.47. The van der Waals surface area contributed by atoms with Crippen molar-refractivity contribution in [1.29, 1.82) is 0 Å². The maximum atomic E-state index is 12.6. The Kier molecular flexibility index (Phi) is 3.31. The molecule has 8 heteroatoms. The summed E-state index contributed by atoms with van der Waals surface area (Å²) in [6.45, 7) is 1.22. The highest BCUT2D eigenvalue weighted by molar-refractivity contribution is 7.89. The highest BCUT2D eigenvalue weighted by atomic mass is 32.2. The second kappa shape index (κ2) is 5.24. The molecule has 122 valence electrons. The van der Waals surface area contributed by atoms with E-state index in [1.165, 1.54) is 21.4 Å². The van der Waals surface area contributed by atoms with Gasteiger partial charge in [0.25, 0.3) is 0 Å². The highest BCUT2D eigenvalue weighted by Gasteiger charge is 2.34. The van der Waals surface area contributed by atoms with E-state index in [0.29, 0.717) is 13.1 Å². The van der Waals surface area contributed by atoms with Crippen molar-refractivity contribution in [3.8, 4) is 11.5 Å². The van der Waals surface area contributed by atoms with Crippen molar-refractivity contribution in [2.75, 3.05) is 19.9 Å². The Labute approximate surface area is 134 Å². The van der Waals surface area contributed by atoms with Crippen LogP contribution in [0.15, 0.2) is 35.5 Å². The molecule has 0 spiro atoms. The van der Waals surface area contributed by atoms with Gasteiger partial charge in [-0.3, -0.25) is 4.68 Å². The van der Waals surface area contributed by atoms with Gasteiger partial charge in [0.2, 0.25) is 16.8 Å². The minimum Gasteiger partial charge on any atom is -0.454 e. The van der Waals surface area contributed by atoms with Gasteiger partial charge < -0.3 is 9.47 Å². The van der Waals surface area contributed by atoms with Crippen LogP contribution in [0.4, 0.5) is 0 Å². The Bertz CT molecular complexity index is 846. The molecule has 23 heavy (non-hydrogen) atoms. The van der Waals surface area contributed by atoms with Crippen molar-refractivity contribution in [2.24, 2.45) is 7.05 Å². The summed E-state index contributed by atoms with van der Waals surface area (Å²) in [6.07, 6.45) is 3.71. The number of aryl methyl sites for hydroxylation is 1. The molecule has 2 aliphatic heterocycles. The molecule has 1 fully saturated rings. The minimum absolute atomic E-state index is 0.163. The molecule has 1 saturated heterocycles. The molecular formula is C15H17N3O4S. The minimum atomic E-state index is -3.48. The summed E-state index contributed by atoms with van der Waals surface area (Å²) in [4.78, 5) is 0.242. The Balaban J connectivity index is 1.55. The van der Waals surface area contributed by atoms with E-state index in [-0.39, 0.29) is 17.6 Å². The summed E-state index contributed by atoms with van der Waals surface area (Å²) in [7, 11) is -1.77. The van der Waals surface area contributed by atoms with E-state index in [4.69, 9.17) is 9.47 Å². The molecule has 3 heterocycles. The maximum Gasteiger partial charge on any atom is 0.246 e. The molecule has 0 radical (unpaired) electrons. The van der Waals surface area contributed by atoms with Gasteiger partial charge in [0, 0.05) is 26.3 Å². The quantitative estimate of drug-likeness (QED) is 0.846. The topological polar surface area (TPSA) is 73.7 Å². The maximum absolute atomic E-state index is 12.6. The van der Waals surface area contributed by atoms with E-state index in [2.05, 4.69) is 5.10 Å². The second-order valence-electron chi connectivity index (χ2n) is 5.81. The molecule has 0 saturated carbocycles. The molecule has 2 aliphatic rings. The Morgan fingerprint density at radius 1 is 1.26 bits per heavy atom. The van der Waals surface area contributed by atoms with Crippen molar-refractivity contribution < 1.29 is 17.9 Å². The van der Waals surface area contributed by atoms with Crippen LogP contribution in [0, 0.1) is 0 Å². The largest absolute Gasteiger partial charge is 0.454 e. The first-order valence-electron chi connectivity index (χ1n) is 7.42. The van der Waals surface area contributed by atoms with E-state index in [1.807, 2.05) is 18.2 Å². The lowest BCUT2D eigenvalue weighted by molar-refractivity contribution is 0.174. The number of fused-ring (bicyclic) bond motifs is 1. The lowest BCUT2D eigenvalue weighted by Gasteiger charge is -2.15. The zero-order valence-electron chi connectivity index (χ0n) is 12.7. The fourth-order valence-electron chi connectivity index (χ4n) is 3.07. The number of aromatic nitrogens is 2. The second-order valence-corrected chi connectivity index (χ2v) is 7.75. The zero-order valence-corrected chi connectivity index (χ0v) is 13.5. The van der Waals surface area contributed by atoms with E-state index in [1.54, 1.807) is 7.05 Å². The molecule has 2 aromatic rings. The van der Waals surface area contributed by atoms with Crippen LogP contribution in [0.2, 0.25) is 0 Å². The van der Waals surface area contributed by atoms with Gasteiger partial charge >= 0.3 is 0 Å². The average Bonchev–Trinajstić information content (AvgIpc) is 3.26. The van der Waals surface area contributed by atoms with Gasteiger partial charge in [0.1, 0.15) is 4.90 Å². The number of rotatable bonds is 3. The van der Waals surface area contributed by atoms with Crippen LogP contribution in [-0.2, 0) is 17.1 Å². The number of hydrogen-bond acceptors (Lipinski definition) is 5. The summed E-state index contributed by atoms with van der Waals surface area (Å²) < 4.78 is 39.0. The van der Waals surface area contributed by atoms with Crippen molar-refractivity contribution in [2.45, 2.75) is 17.2 Å². The predicted octanol–water partition coefficient (Wildman–Crippen LogP) is 1.33. The number of hydrogen-bond donors (Lipinski definition) is 0. The first-order valence-corrected chi connectivity index (χ1v) is 8.86. The molecule has 1 unspecified atom stereocenters. The standard InChI is InChI=1S/C15H17N3O4S/c1-17-9-13(7-16-17)23(19,20)18-5-4-12(8-18)11-2-3-14-15(6-11)22-10-21-14/h2-3,6-7,9,12H,4-5,8,10H2,1H3. The summed E-state index contributed by atoms with van der Waals surface area (Å²) in [6, 6.07) is 5.82. The summed E-state index contributed by atoms with van der Waals surface area (Å²) in [5.41, 5.74) is 1.08. The van der Waals surface area contributed by atoms with E-state index in [9.17, 15) is 8.42 Å². The van der Waals surface area contributed by atoms with Gasteiger partial charge in [-0.05, 0) is 30.0 Å². The summed E-state index contributed by atoms with van der Waals surface area (Å²) in [5.74, 6) is 1.64. The molecular weight excluding hydrogens is 318 g/mol. The van der Waals surface area contributed by atoms with Gasteiger partial charge in [0.05, 0.1) is 6.20 Å². The third-order valence-corrected chi connectivity index (χ3v) is 6.16. The Morgan fingerprint density at radius 3 is 2.87 bits per heavy atom. The number of nitrogens with zero attached hydrogens (tertiary/aromatic N) is 3. The van der Waals surface area contributed by atoms with Crippen molar-refractivity contribution in [1.82, 2.24) is 14.1 Å². The van der Waals surface area contributed by atoms with Crippen molar-refractivity contribution in [3.63, 3.8) is 0 Å². The van der Waals surface area contributed by atoms with Crippen LogP contribution in [0.3, 0.4) is 0 Å². The van der Waals surface area contributed by atoms with Crippen molar-refractivity contribution in [3.05, 3.63) is 36.2 Å². The average molecular weight is 335 g/mol. The normalized spacial score (nSPS) is 21.0. The molecule has 0 N–H and O–H groups in total. The van der Waals surface area contributed by atoms with Crippen LogP contribution in [0.5, 0.6) is 11.5 Å². The summed E-state index contributed by atoms with van der Waals surface area (Å²) in [5, 5.41) is 3.95. The zero-order chi connectivity index (χ0) is 16.0. The first kappa shape index (κ1) is 14.5. The molecule has 0 aliphatic carbocycles. The van der Waals surface area contributed by atoms with Crippen LogP contribution in [0.25, 0.3) is 0 Å². The lowest BCUT2D eigenvalue weighted by Crippen LogP contribution is -2.28. The monoisotopic (exact) mass is 335 g/mol. The van der Waals surface area contributed by atoms with E-state index in [0.717, 1.165) is 23.5 Å². The van der Waals surface area contributed by atoms with Crippen LogP contribution >= 0.6 is 0 Å². The fraction of sp³-hybridized carbons (Fsp3) is 0.400. The van der Waals surface area contributed by atoms with Gasteiger partial charge in [-0.1, -0.05) is 6.07 Å². The molecule has 1 atom stereocenters. The number of benzene rings is 1. The van der Waals surface area contributed by atoms with Crippen LogP contribution < -0.4 is 9.47 Å². The molecule has 0 bridgehead atoms. The third-order valence-electron chi connectivity index (χ3n) is 4.34. The van der Waals surface area contributed by atoms with Crippen molar-refractivity contribution >= 4 is 10.0 Å². The van der Waals surface area contributed by atoms with Gasteiger partial charge in [-0.2, -0.15) is 9.40 Å². The molecule has 1 aromatic heterocycles. The Morgan fingerprint density at radius 2 is 2.09 bits per heavy atom. The van der Waals surface area contributed by atoms with E-state index >= 15 is 0 Å². The predicted molar refractivity (Wildman–Crippen MR) is 81.9 cm³/mol. The van der Waals surface area contributed by atoms with Gasteiger partial charge in [0.15, 0.2) is 11.5 Å². The SMILES string of the molecule is Cn1cc(S(=O)(=O)N2CCC(c3ccc4c(c3)OCO4)C2)cn1. The lowest BCUT2D eigenvalue weighted by atomic mass is 9.98. The molecule has 1 aromatic carbocycles. The highest BCUT2D eigenvalue weighted by Crippen LogP contribution is 2.38. The van der Waals surface area contributed by atoms with E-state index < -0.39 is 10.0 Å². The molecule has 4 rings (SSSR count). The van der Waals surface area contributed by atoms with Gasteiger partial charge in [-0.15, -0.1) is 0 Å². The molecule has 7 nitrogen and oxygen atoms in total.